The molecule has 1 radical (unpaired) electrons. The second-order valence-electron chi connectivity index (χ2n) is 17.5. The number of benzene rings is 9. The van der Waals surface area contributed by atoms with E-state index in [-0.39, 0.29) is 116 Å². The van der Waals surface area contributed by atoms with Gasteiger partial charge in [-0.15, -0.1) is 25.6 Å². The molecule has 0 atom stereocenters. The number of azo groups is 3. The fraction of sp³-hybridized carbons (Fsp3) is 0. The molecular weight excluding hydrogens is 1310 g/mol. The number of aromatic hydroxyl groups is 3. The molecular formula is C52H35Cl3CrN9O19S3. The Morgan fingerprint density at radius 3 is 1.57 bits per heavy atom. The number of rotatable bonds is 15. The summed E-state index contributed by atoms with van der Waals surface area (Å²) in [7, 11) is -15.2. The third-order valence-electron chi connectivity index (χ3n) is 12.3. The predicted octanol–water partition coefficient (Wildman–Crippen LogP) is 2.25. The summed E-state index contributed by atoms with van der Waals surface area (Å²) in [6, 6.07) is 25.9. The molecule has 0 aliphatic rings. The maximum absolute atomic E-state index is 13.4. The van der Waals surface area contributed by atoms with Crippen molar-refractivity contribution in [2.24, 2.45) is 30.7 Å². The van der Waals surface area contributed by atoms with E-state index in [1.54, 1.807) is 24.3 Å². The molecule has 35 heteroatoms. The van der Waals surface area contributed by atoms with Crippen molar-refractivity contribution in [1.29, 1.82) is 0 Å². The number of hydrogen-bond acceptors (Lipinski definition) is 20. The van der Waals surface area contributed by atoms with E-state index in [4.69, 9.17) is 5.73 Å². The Morgan fingerprint density at radius 2 is 0.989 bits per heavy atom. The number of carbonyl (C=O) groups excluding carboxylic acids is 1. The molecule has 13 N–H and O–H groups in total. The number of carbonyl (C=O) groups is 4. The zero-order valence-corrected chi connectivity index (χ0v) is 48.8. The maximum atomic E-state index is 13.4. The van der Waals surface area contributed by atoms with Crippen LogP contribution in [-0.4, -0.2) is 93.5 Å². The summed E-state index contributed by atoms with van der Waals surface area (Å²) in [5.74, 6) is -6.69. The Bertz CT molecular complexity index is 4810. The van der Waals surface area contributed by atoms with Crippen molar-refractivity contribution in [3.8, 4) is 28.4 Å². The summed E-state index contributed by atoms with van der Waals surface area (Å²) in [6.07, 6.45) is 0. The second-order valence-corrected chi connectivity index (χ2v) is 21.7. The third kappa shape index (κ3) is 14.5. The minimum atomic E-state index is -5.24. The summed E-state index contributed by atoms with van der Waals surface area (Å²) in [6.45, 7) is 0. The normalized spacial score (nSPS) is 11.7. The van der Waals surface area contributed by atoms with E-state index < -0.39 is 126 Å². The number of nitrogen functional groups attached to an aromatic ring is 1. The second kappa shape index (κ2) is 26.5. The topological polar surface area (TPSA) is 477 Å². The summed E-state index contributed by atoms with van der Waals surface area (Å²) < 4.78 is 103. The van der Waals surface area contributed by atoms with Gasteiger partial charge in [0.2, 0.25) is 0 Å². The molecule has 0 fully saturated rings. The summed E-state index contributed by atoms with van der Waals surface area (Å²) in [5, 5.41) is 90.7. The SMILES string of the molecule is Nc1c(N=Nc2ccc(-c3ccc(NC(=O)Nc4ccc5cc(S(=O)(=O)O)c(N=Nc6ccc(N=Nc7ccc(O)c(C(=O)O)c7)c7ccccc67)c(O)c5c4)c(C(=O)O)c3)cc2C(=O)O)c(S(=O)(=O)O)cc2cc(S(=O)(=O)O)cc(O)c12.[Cl-].[Cl-].[Cl-].[Cr+3]. The number of nitrogens with zero attached hydrogens (tertiary/aromatic N) is 6. The van der Waals surface area contributed by atoms with Crippen molar-refractivity contribution >= 4 is 138 Å². The number of anilines is 3. The van der Waals surface area contributed by atoms with E-state index >= 15 is 0 Å². The molecule has 0 bridgehead atoms. The Kier molecular flexibility index (Phi) is 20.8. The van der Waals surface area contributed by atoms with E-state index in [9.17, 15) is 88.7 Å². The van der Waals surface area contributed by atoms with Crippen molar-refractivity contribution in [1.82, 2.24) is 0 Å². The number of aromatic carboxylic acids is 3. The van der Waals surface area contributed by atoms with Gasteiger partial charge in [-0.05, 0) is 107 Å². The Labute approximate surface area is 518 Å². The van der Waals surface area contributed by atoms with Crippen molar-refractivity contribution in [2.75, 3.05) is 16.4 Å². The first-order valence-electron chi connectivity index (χ1n) is 23.0. The molecule has 0 saturated heterocycles. The average Bonchev–Trinajstić information content (AvgIpc) is 0.897. The van der Waals surface area contributed by atoms with Crippen molar-refractivity contribution in [3.63, 3.8) is 0 Å². The Hall–Kier alpha value is -9.43. The molecule has 0 spiro atoms. The number of hydrogen-bond donors (Lipinski definition) is 12. The van der Waals surface area contributed by atoms with E-state index in [0.29, 0.717) is 22.9 Å². The number of nitrogens with one attached hydrogen (secondary N) is 2. The van der Waals surface area contributed by atoms with Crippen molar-refractivity contribution < 1.29 is 143 Å². The molecule has 0 heterocycles. The molecule has 9 aromatic carbocycles. The van der Waals surface area contributed by atoms with E-state index in [0.717, 1.165) is 42.5 Å². The quantitative estimate of drug-likeness (QED) is 0.0398. The number of amides is 2. The number of carboxylic acids is 3. The number of phenolic OH excluding ortho intramolecular Hbond substituents is 2. The molecule has 9 rings (SSSR count). The minimum absolute atomic E-state index is 0. The number of carboxylic acid groups (broad SMARTS) is 3. The average molecular weight is 1340 g/mol. The zero-order chi connectivity index (χ0) is 60.0. The Morgan fingerprint density at radius 1 is 0.460 bits per heavy atom. The molecule has 9 aromatic rings. The number of nitrogens with two attached hydrogens (primary N) is 1. The molecule has 87 heavy (non-hydrogen) atoms. The van der Waals surface area contributed by atoms with Crippen LogP contribution in [0.3, 0.4) is 0 Å². The maximum Gasteiger partial charge on any atom is 3.00 e. The smallest absolute Gasteiger partial charge is 1.00 e. The molecule has 447 valence electrons. The summed E-state index contributed by atoms with van der Waals surface area (Å²) in [5.41, 5.74) is 2.40. The van der Waals surface area contributed by atoms with Gasteiger partial charge in [0.1, 0.15) is 43.9 Å². The number of halogens is 3. The largest absolute Gasteiger partial charge is 3.00 e. The van der Waals surface area contributed by atoms with Gasteiger partial charge < -0.3 is 84.2 Å². The molecule has 0 saturated carbocycles. The van der Waals surface area contributed by atoms with Crippen LogP contribution in [0.15, 0.2) is 179 Å². The van der Waals surface area contributed by atoms with Gasteiger partial charge in [-0.1, -0.05) is 42.5 Å². The van der Waals surface area contributed by atoms with Gasteiger partial charge in [-0.2, -0.15) is 30.4 Å². The molecule has 0 unspecified atom stereocenters. The zero-order valence-electron chi connectivity index (χ0n) is 42.8. The molecule has 0 aliphatic heterocycles. The van der Waals surface area contributed by atoms with Crippen LogP contribution in [0.25, 0.3) is 43.4 Å². The van der Waals surface area contributed by atoms with Gasteiger partial charge in [0.25, 0.3) is 30.4 Å². The summed E-state index contributed by atoms with van der Waals surface area (Å²) >= 11 is 0. The van der Waals surface area contributed by atoms with Gasteiger partial charge in [-0.25, -0.2) is 19.2 Å². The fourth-order valence-electron chi connectivity index (χ4n) is 8.44. The van der Waals surface area contributed by atoms with Gasteiger partial charge >= 0.3 is 41.3 Å². The number of urea groups is 1. The van der Waals surface area contributed by atoms with Crippen LogP contribution in [0.2, 0.25) is 0 Å². The first-order chi connectivity index (χ1) is 39.1. The van der Waals surface area contributed by atoms with Gasteiger partial charge in [0, 0.05) is 33.3 Å². The van der Waals surface area contributed by atoms with Crippen LogP contribution in [0.4, 0.5) is 56.0 Å². The molecule has 28 nitrogen and oxygen atoms in total. The van der Waals surface area contributed by atoms with Crippen LogP contribution < -0.4 is 53.6 Å². The van der Waals surface area contributed by atoms with E-state index in [2.05, 4.69) is 41.3 Å². The summed E-state index contributed by atoms with van der Waals surface area (Å²) in [4.78, 5) is 47.3. The molecule has 0 aliphatic carbocycles. The molecule has 0 aromatic heterocycles. The monoisotopic (exact) mass is 1340 g/mol. The van der Waals surface area contributed by atoms with Crippen LogP contribution in [0.5, 0.6) is 17.2 Å². The molecule has 2 amide bonds. The van der Waals surface area contributed by atoms with Gasteiger partial charge in [0.05, 0.1) is 44.5 Å². The Balaban J connectivity index is 0.00000345. The van der Waals surface area contributed by atoms with E-state index in [1.807, 2.05) is 0 Å². The van der Waals surface area contributed by atoms with Crippen LogP contribution >= 0.6 is 0 Å². The van der Waals surface area contributed by atoms with Crippen molar-refractivity contribution in [2.45, 2.75) is 14.7 Å². The number of phenols is 3. The van der Waals surface area contributed by atoms with Crippen molar-refractivity contribution in [3.05, 3.63) is 150 Å². The first kappa shape index (κ1) is 68.4. The van der Waals surface area contributed by atoms with Crippen LogP contribution in [-0.2, 0) is 47.7 Å². The fourth-order valence-corrected chi connectivity index (χ4v) is 10.3. The number of fused-ring (bicyclic) bond motifs is 3. The first-order valence-corrected chi connectivity index (χ1v) is 27.4. The minimum Gasteiger partial charge on any atom is -1.00 e. The van der Waals surface area contributed by atoms with Crippen LogP contribution in [0, 0.1) is 0 Å². The predicted molar refractivity (Wildman–Crippen MR) is 295 cm³/mol. The van der Waals surface area contributed by atoms with Gasteiger partial charge in [-0.3, -0.25) is 13.7 Å². The van der Waals surface area contributed by atoms with Crippen LogP contribution in [0.1, 0.15) is 31.1 Å². The van der Waals surface area contributed by atoms with Gasteiger partial charge in [0.15, 0.2) is 5.75 Å². The third-order valence-corrected chi connectivity index (χ3v) is 14.8. The standard InChI is InChI=1S/C52H35N9O19S3.3ClH.Cr/c53-45-44-26(15-29(22-41(44)63)81(72,73)74)19-42(82(75,76)77)46(45)60-59-39-11-7-24(17-34(39)50(67)68)23-6-10-36(33(16-23)49(65)66)55-52(71)54-27-8-5-25-18-43(83(78,79)80)47(48(64)32(25)20-27)61-58-38-13-12-37(30-3-1-2-4-31(30)38)57-56-28-9-14-40(62)35(21-28)51(69)70;;;;/h1-22,62-64H,53H2,(H,65,66)(H,67,68)(H,69,70)(H2,54,55,71)(H,72,73,74)(H,75,76,77)(H,78,79,80);3*1H;/q;;;;+3/p-3. The van der Waals surface area contributed by atoms with E-state index in [1.165, 1.54) is 54.6 Å².